The van der Waals surface area contributed by atoms with Gasteiger partial charge >= 0.3 is 11.9 Å². The number of hydrogen-bond donors (Lipinski definition) is 5. The van der Waals surface area contributed by atoms with Gasteiger partial charge < -0.3 is 44.2 Å². The summed E-state index contributed by atoms with van der Waals surface area (Å²) in [6, 6.07) is 9.50. The number of carbonyl (C=O) groups excluding carboxylic acids is 2. The van der Waals surface area contributed by atoms with Gasteiger partial charge in [0.2, 0.25) is 0 Å². The van der Waals surface area contributed by atoms with Gasteiger partial charge in [0.05, 0.1) is 31.8 Å². The van der Waals surface area contributed by atoms with Gasteiger partial charge in [0.1, 0.15) is 54.2 Å². The number of carboxylic acid groups (broad SMARTS) is 1. The Labute approximate surface area is 227 Å². The number of aliphatic hydroxyl groups excluding tert-OH is 3. The van der Waals surface area contributed by atoms with Gasteiger partial charge in [-0.1, -0.05) is 12.1 Å². The molecule has 5 atom stereocenters. The van der Waals surface area contributed by atoms with Crippen LogP contribution in [0.4, 0.5) is 0 Å². The molecule has 0 saturated carbocycles. The summed E-state index contributed by atoms with van der Waals surface area (Å²) >= 11 is 0. The Balaban J connectivity index is 1.57. The molecule has 4 rings (SSSR count). The van der Waals surface area contributed by atoms with E-state index in [1.165, 1.54) is 19.3 Å². The molecule has 1 fully saturated rings. The molecule has 40 heavy (non-hydrogen) atoms. The lowest BCUT2D eigenvalue weighted by molar-refractivity contribution is -0.234. The van der Waals surface area contributed by atoms with E-state index in [0.717, 1.165) is 11.5 Å². The first-order chi connectivity index (χ1) is 19.1. The molecule has 5 unspecified atom stereocenters. The highest BCUT2D eigenvalue weighted by atomic mass is 16.6. The Hall–Kier alpha value is -4.23. The standard InChI is InChI=1S/C28H28O12/c1-37-21-12-19(30)16(18(29)4-2-14-3-5-20-15(10-14)8-9-38-20)11-17(21)28-27(36)26(35)25(34)22(40-28)13-39-24(33)7-6-23(31)32/h2-5,8-12,22,25-28,30,34-36H,6-7,13H2,1H3,(H,31,32). The van der Waals surface area contributed by atoms with Crippen molar-refractivity contribution in [3.8, 4) is 11.5 Å². The van der Waals surface area contributed by atoms with E-state index in [-0.39, 0.29) is 16.9 Å². The van der Waals surface area contributed by atoms with Crippen molar-refractivity contribution < 1.29 is 58.5 Å². The maximum absolute atomic E-state index is 13.0. The zero-order chi connectivity index (χ0) is 29.0. The van der Waals surface area contributed by atoms with Crippen LogP contribution in [0.1, 0.15) is 40.4 Å². The summed E-state index contributed by atoms with van der Waals surface area (Å²) in [4.78, 5) is 35.5. The van der Waals surface area contributed by atoms with Crippen LogP contribution in [0.25, 0.3) is 17.0 Å². The molecule has 0 amide bonds. The topological polar surface area (TPSA) is 193 Å². The lowest BCUT2D eigenvalue weighted by atomic mass is 9.89. The summed E-state index contributed by atoms with van der Waals surface area (Å²) in [6.07, 6.45) is -4.27. The molecule has 12 heteroatoms. The number of methoxy groups -OCH3 is 1. The molecule has 1 saturated heterocycles. The summed E-state index contributed by atoms with van der Waals surface area (Å²) in [6.45, 7) is -0.546. The van der Waals surface area contributed by atoms with E-state index in [4.69, 9.17) is 23.7 Å². The molecule has 0 spiro atoms. The van der Waals surface area contributed by atoms with Gasteiger partial charge in [-0.2, -0.15) is 0 Å². The Morgan fingerprint density at radius 3 is 2.50 bits per heavy atom. The Kier molecular flexibility index (Phi) is 8.85. The zero-order valence-corrected chi connectivity index (χ0v) is 21.3. The predicted octanol–water partition coefficient (Wildman–Crippen LogP) is 1.97. The number of hydrogen-bond acceptors (Lipinski definition) is 11. The van der Waals surface area contributed by atoms with Gasteiger partial charge in [0, 0.05) is 17.0 Å². The van der Waals surface area contributed by atoms with Crippen molar-refractivity contribution in [2.24, 2.45) is 0 Å². The third kappa shape index (κ3) is 6.32. The third-order valence-electron chi connectivity index (χ3n) is 6.49. The van der Waals surface area contributed by atoms with Crippen molar-refractivity contribution in [1.29, 1.82) is 0 Å². The molecule has 1 aromatic heterocycles. The average molecular weight is 557 g/mol. The number of phenols is 1. The quantitative estimate of drug-likeness (QED) is 0.139. The van der Waals surface area contributed by atoms with Crippen LogP contribution < -0.4 is 4.74 Å². The Bertz CT molecular complexity index is 1420. The number of carbonyl (C=O) groups is 3. The zero-order valence-electron chi connectivity index (χ0n) is 21.3. The molecule has 5 N–H and O–H groups in total. The maximum atomic E-state index is 13.0. The fourth-order valence-corrected chi connectivity index (χ4v) is 4.33. The van der Waals surface area contributed by atoms with Crippen LogP contribution >= 0.6 is 0 Å². The second-order valence-electron chi connectivity index (χ2n) is 9.17. The van der Waals surface area contributed by atoms with E-state index in [1.807, 2.05) is 6.07 Å². The van der Waals surface area contributed by atoms with Crippen LogP contribution in [0.3, 0.4) is 0 Å². The highest BCUT2D eigenvalue weighted by molar-refractivity contribution is 6.09. The van der Waals surface area contributed by atoms with Gasteiger partial charge in [0.15, 0.2) is 5.78 Å². The second kappa shape index (κ2) is 12.3. The Morgan fingerprint density at radius 2 is 1.77 bits per heavy atom. The van der Waals surface area contributed by atoms with Gasteiger partial charge in [-0.15, -0.1) is 0 Å². The minimum absolute atomic E-state index is 0.0216. The number of furan rings is 1. The number of aliphatic carboxylic acids is 1. The largest absolute Gasteiger partial charge is 0.507 e. The average Bonchev–Trinajstić information content (AvgIpc) is 3.41. The molecule has 0 radical (unpaired) electrons. The van der Waals surface area contributed by atoms with Crippen molar-refractivity contribution in [3.05, 3.63) is 65.4 Å². The van der Waals surface area contributed by atoms with Crippen LogP contribution in [0.15, 0.2) is 53.2 Å². The summed E-state index contributed by atoms with van der Waals surface area (Å²) in [5.74, 6) is -3.01. The molecule has 0 aliphatic carbocycles. The van der Waals surface area contributed by atoms with Crippen LogP contribution in [-0.2, 0) is 19.1 Å². The number of rotatable bonds is 10. The van der Waals surface area contributed by atoms with Gasteiger partial charge in [0.25, 0.3) is 0 Å². The smallest absolute Gasteiger partial charge is 0.306 e. The minimum atomic E-state index is -1.74. The number of phenolic OH excluding ortho intramolecular Hbond substituents is 1. The van der Waals surface area contributed by atoms with E-state index in [0.29, 0.717) is 11.1 Å². The molecule has 1 aliphatic rings. The van der Waals surface area contributed by atoms with E-state index >= 15 is 0 Å². The van der Waals surface area contributed by atoms with E-state index in [1.54, 1.807) is 30.5 Å². The minimum Gasteiger partial charge on any atom is -0.507 e. The highest BCUT2D eigenvalue weighted by Gasteiger charge is 2.46. The molecule has 0 bridgehead atoms. The monoisotopic (exact) mass is 556 g/mol. The molecule has 1 aliphatic heterocycles. The van der Waals surface area contributed by atoms with E-state index < -0.39 is 73.4 Å². The van der Waals surface area contributed by atoms with Gasteiger partial charge in [-0.05, 0) is 35.9 Å². The lowest BCUT2D eigenvalue weighted by Gasteiger charge is -2.41. The van der Waals surface area contributed by atoms with E-state index in [2.05, 4.69) is 0 Å². The summed E-state index contributed by atoms with van der Waals surface area (Å²) in [7, 11) is 1.29. The number of esters is 1. The van der Waals surface area contributed by atoms with Crippen molar-refractivity contribution in [1.82, 2.24) is 0 Å². The van der Waals surface area contributed by atoms with Crippen LogP contribution in [-0.4, -0.2) is 81.4 Å². The molecule has 3 aromatic rings. The van der Waals surface area contributed by atoms with Crippen molar-refractivity contribution in [2.45, 2.75) is 43.4 Å². The molecular formula is C28H28O12. The van der Waals surface area contributed by atoms with Crippen molar-refractivity contribution >= 4 is 34.8 Å². The van der Waals surface area contributed by atoms with Crippen LogP contribution in [0.2, 0.25) is 0 Å². The molecule has 2 heterocycles. The Morgan fingerprint density at radius 1 is 1.00 bits per heavy atom. The molecular weight excluding hydrogens is 528 g/mol. The van der Waals surface area contributed by atoms with Crippen molar-refractivity contribution in [2.75, 3.05) is 13.7 Å². The number of ether oxygens (including phenoxy) is 3. The lowest BCUT2D eigenvalue weighted by Crippen LogP contribution is -2.55. The van der Waals surface area contributed by atoms with Gasteiger partial charge in [-0.25, -0.2) is 0 Å². The highest BCUT2D eigenvalue weighted by Crippen LogP contribution is 2.40. The normalized spacial score (nSPS) is 22.9. The summed E-state index contributed by atoms with van der Waals surface area (Å²) in [5, 5.41) is 51.7. The fourth-order valence-electron chi connectivity index (χ4n) is 4.33. The maximum Gasteiger partial charge on any atom is 0.306 e. The number of aromatic hydroxyl groups is 1. The van der Waals surface area contributed by atoms with Gasteiger partial charge in [-0.3, -0.25) is 14.4 Å². The number of allylic oxidation sites excluding steroid dienone is 1. The van der Waals surface area contributed by atoms with Crippen molar-refractivity contribution in [3.63, 3.8) is 0 Å². The third-order valence-corrected chi connectivity index (χ3v) is 6.49. The number of ketones is 1. The van der Waals surface area contributed by atoms with E-state index in [9.17, 15) is 34.8 Å². The number of aliphatic hydroxyl groups is 3. The molecule has 12 nitrogen and oxygen atoms in total. The van der Waals surface area contributed by atoms with Crippen LogP contribution in [0, 0.1) is 0 Å². The summed E-state index contributed by atoms with van der Waals surface area (Å²) < 4.78 is 21.4. The molecule has 212 valence electrons. The fraction of sp³-hybridized carbons (Fsp3) is 0.321. The number of carboxylic acids is 1. The SMILES string of the molecule is COc1cc(O)c(C(=O)C=Cc2ccc3occc3c2)cc1C1OC(COC(=O)CCC(=O)O)C(O)C(O)C1O. The number of benzene rings is 2. The number of fused-ring (bicyclic) bond motifs is 1. The molecule has 2 aromatic carbocycles. The predicted molar refractivity (Wildman–Crippen MR) is 138 cm³/mol. The van der Waals surface area contributed by atoms with Crippen LogP contribution in [0.5, 0.6) is 11.5 Å². The first kappa shape index (κ1) is 28.8. The first-order valence-corrected chi connectivity index (χ1v) is 12.3. The summed E-state index contributed by atoms with van der Waals surface area (Å²) in [5.41, 5.74) is 1.33. The first-order valence-electron chi connectivity index (χ1n) is 12.3. The second-order valence-corrected chi connectivity index (χ2v) is 9.17.